The summed E-state index contributed by atoms with van der Waals surface area (Å²) in [7, 11) is 3.36. The first-order valence-corrected chi connectivity index (χ1v) is 8.15. The normalized spacial score (nSPS) is 18.3. The van der Waals surface area contributed by atoms with E-state index in [1.165, 1.54) is 12.0 Å². The number of aromatic nitrogens is 1. The highest BCUT2D eigenvalue weighted by atomic mass is 16.5. The van der Waals surface area contributed by atoms with Crippen LogP contribution in [0.3, 0.4) is 0 Å². The van der Waals surface area contributed by atoms with Gasteiger partial charge in [-0.25, -0.2) is 0 Å². The molecule has 0 N–H and O–H groups in total. The lowest BCUT2D eigenvalue weighted by atomic mass is 10.1. The molecule has 1 aromatic heterocycles. The molecule has 1 aromatic carbocycles. The summed E-state index contributed by atoms with van der Waals surface area (Å²) < 4.78 is 16.3. The Morgan fingerprint density at radius 2 is 1.91 bits per heavy atom. The van der Waals surface area contributed by atoms with Gasteiger partial charge in [0, 0.05) is 18.7 Å². The fourth-order valence-corrected chi connectivity index (χ4v) is 3.18. The quantitative estimate of drug-likeness (QED) is 0.815. The number of likely N-dealkylation sites (tertiary alicyclic amines) is 1. The summed E-state index contributed by atoms with van der Waals surface area (Å²) in [6.45, 7) is 4.00. The van der Waals surface area contributed by atoms with Gasteiger partial charge in [-0.3, -0.25) is 4.90 Å². The molecule has 0 saturated carbocycles. The zero-order chi connectivity index (χ0) is 16.2. The number of benzene rings is 1. The molecule has 1 aliphatic rings. The van der Waals surface area contributed by atoms with Crippen LogP contribution in [0.2, 0.25) is 0 Å². The van der Waals surface area contributed by atoms with E-state index in [0.717, 1.165) is 48.9 Å². The molecule has 0 aliphatic carbocycles. The van der Waals surface area contributed by atoms with Crippen LogP contribution in [0.1, 0.15) is 42.8 Å². The second-order valence-electron chi connectivity index (χ2n) is 5.92. The van der Waals surface area contributed by atoms with Gasteiger partial charge in [0.2, 0.25) is 0 Å². The summed E-state index contributed by atoms with van der Waals surface area (Å²) in [5.74, 6) is 2.63. The first-order chi connectivity index (χ1) is 11.2. The van der Waals surface area contributed by atoms with E-state index >= 15 is 0 Å². The summed E-state index contributed by atoms with van der Waals surface area (Å²) in [4.78, 5) is 2.44. The van der Waals surface area contributed by atoms with Crippen molar-refractivity contribution in [3.8, 4) is 11.5 Å². The standard InChI is InChI=1S/C18H24N2O3/c1-4-14-10-18(23-19-14)17-6-5-7-20(17)12-13-8-15(21-2)11-16(9-13)22-3/h8-11,17H,4-7,12H2,1-3H3/t17-/m0/s1. The molecule has 0 bridgehead atoms. The molecule has 3 rings (SSSR count). The maximum absolute atomic E-state index is 5.56. The molecule has 5 nitrogen and oxygen atoms in total. The predicted octanol–water partition coefficient (Wildman–Crippen LogP) is 3.59. The Morgan fingerprint density at radius 1 is 1.17 bits per heavy atom. The Bertz CT molecular complexity index is 631. The number of nitrogens with zero attached hydrogens (tertiary/aromatic N) is 2. The number of ether oxygens (including phenoxy) is 2. The second-order valence-corrected chi connectivity index (χ2v) is 5.92. The molecule has 5 heteroatoms. The van der Waals surface area contributed by atoms with Crippen LogP contribution in [0, 0.1) is 0 Å². The fourth-order valence-electron chi connectivity index (χ4n) is 3.18. The maximum atomic E-state index is 5.56. The largest absolute Gasteiger partial charge is 0.497 e. The van der Waals surface area contributed by atoms with Gasteiger partial charge in [0.1, 0.15) is 11.5 Å². The molecule has 0 radical (unpaired) electrons. The zero-order valence-corrected chi connectivity index (χ0v) is 14.0. The van der Waals surface area contributed by atoms with E-state index in [-0.39, 0.29) is 0 Å². The van der Waals surface area contributed by atoms with Crippen molar-refractivity contribution in [2.75, 3.05) is 20.8 Å². The fraction of sp³-hybridized carbons (Fsp3) is 0.500. The highest BCUT2D eigenvalue weighted by molar-refractivity contribution is 5.38. The molecule has 1 atom stereocenters. The Labute approximate surface area is 137 Å². The number of aryl methyl sites for hydroxylation is 1. The molecule has 23 heavy (non-hydrogen) atoms. The van der Waals surface area contributed by atoms with E-state index in [1.54, 1.807) is 14.2 Å². The van der Waals surface area contributed by atoms with Crippen molar-refractivity contribution < 1.29 is 14.0 Å². The molecular formula is C18H24N2O3. The summed E-state index contributed by atoms with van der Waals surface area (Å²) >= 11 is 0. The van der Waals surface area contributed by atoms with Gasteiger partial charge in [0.05, 0.1) is 26.0 Å². The van der Waals surface area contributed by atoms with Crippen LogP contribution < -0.4 is 9.47 Å². The summed E-state index contributed by atoms with van der Waals surface area (Å²) in [6, 6.07) is 8.43. The van der Waals surface area contributed by atoms with E-state index in [4.69, 9.17) is 14.0 Å². The van der Waals surface area contributed by atoms with E-state index in [1.807, 2.05) is 6.07 Å². The van der Waals surface area contributed by atoms with Crippen molar-refractivity contribution in [1.29, 1.82) is 0 Å². The number of hydrogen-bond acceptors (Lipinski definition) is 5. The van der Waals surface area contributed by atoms with Crippen LogP contribution in [0.15, 0.2) is 28.8 Å². The highest BCUT2D eigenvalue weighted by Crippen LogP contribution is 2.34. The van der Waals surface area contributed by atoms with Gasteiger partial charge in [-0.1, -0.05) is 12.1 Å². The molecule has 124 valence electrons. The lowest BCUT2D eigenvalue weighted by molar-refractivity contribution is 0.206. The second kappa shape index (κ2) is 7.04. The first kappa shape index (κ1) is 15.9. The van der Waals surface area contributed by atoms with Gasteiger partial charge in [-0.15, -0.1) is 0 Å². The van der Waals surface area contributed by atoms with E-state index in [2.05, 4.69) is 35.2 Å². The Kier molecular flexibility index (Phi) is 4.86. The average molecular weight is 316 g/mol. The highest BCUT2D eigenvalue weighted by Gasteiger charge is 2.29. The van der Waals surface area contributed by atoms with E-state index in [0.29, 0.717) is 6.04 Å². The smallest absolute Gasteiger partial charge is 0.154 e. The van der Waals surface area contributed by atoms with Crippen molar-refractivity contribution in [2.45, 2.75) is 38.8 Å². The lowest BCUT2D eigenvalue weighted by Gasteiger charge is -2.22. The van der Waals surface area contributed by atoms with Crippen molar-refractivity contribution >= 4 is 0 Å². The number of hydrogen-bond donors (Lipinski definition) is 0. The lowest BCUT2D eigenvalue weighted by Crippen LogP contribution is -2.22. The summed E-state index contributed by atoms with van der Waals surface area (Å²) in [5.41, 5.74) is 2.21. The summed E-state index contributed by atoms with van der Waals surface area (Å²) in [6.07, 6.45) is 3.19. The Hall–Kier alpha value is -2.01. The molecule has 2 aromatic rings. The van der Waals surface area contributed by atoms with Crippen molar-refractivity contribution in [2.24, 2.45) is 0 Å². The van der Waals surface area contributed by atoms with Crippen LogP contribution in [-0.2, 0) is 13.0 Å². The summed E-state index contributed by atoms with van der Waals surface area (Å²) in [5, 5.41) is 4.13. The average Bonchev–Trinajstić information content (AvgIpc) is 3.23. The van der Waals surface area contributed by atoms with Crippen LogP contribution >= 0.6 is 0 Å². The van der Waals surface area contributed by atoms with Gasteiger partial charge >= 0.3 is 0 Å². The monoisotopic (exact) mass is 316 g/mol. The van der Waals surface area contributed by atoms with E-state index in [9.17, 15) is 0 Å². The van der Waals surface area contributed by atoms with E-state index < -0.39 is 0 Å². The third kappa shape index (κ3) is 3.50. The molecule has 0 amide bonds. The van der Waals surface area contributed by atoms with Crippen molar-refractivity contribution in [3.63, 3.8) is 0 Å². The maximum Gasteiger partial charge on any atom is 0.154 e. The van der Waals surface area contributed by atoms with Crippen LogP contribution in [-0.4, -0.2) is 30.8 Å². The predicted molar refractivity (Wildman–Crippen MR) is 87.8 cm³/mol. The van der Waals surface area contributed by atoms with Gasteiger partial charge in [0.15, 0.2) is 5.76 Å². The molecular weight excluding hydrogens is 292 g/mol. The van der Waals surface area contributed by atoms with Gasteiger partial charge < -0.3 is 14.0 Å². The van der Waals surface area contributed by atoms with Crippen LogP contribution in [0.5, 0.6) is 11.5 Å². The molecule has 0 spiro atoms. The zero-order valence-electron chi connectivity index (χ0n) is 14.0. The molecule has 1 aliphatic heterocycles. The minimum Gasteiger partial charge on any atom is -0.497 e. The van der Waals surface area contributed by atoms with Gasteiger partial charge in [-0.2, -0.15) is 0 Å². The molecule has 1 saturated heterocycles. The Morgan fingerprint density at radius 3 is 2.52 bits per heavy atom. The first-order valence-electron chi connectivity index (χ1n) is 8.15. The van der Waals surface area contributed by atoms with Crippen LogP contribution in [0.4, 0.5) is 0 Å². The van der Waals surface area contributed by atoms with Crippen molar-refractivity contribution in [1.82, 2.24) is 10.1 Å². The number of methoxy groups -OCH3 is 2. The SMILES string of the molecule is CCc1cc([C@@H]2CCCN2Cc2cc(OC)cc(OC)c2)on1. The molecule has 2 heterocycles. The minimum absolute atomic E-state index is 0.306. The minimum atomic E-state index is 0.306. The number of rotatable bonds is 6. The molecule has 1 fully saturated rings. The third-order valence-corrected chi connectivity index (χ3v) is 4.43. The Balaban J connectivity index is 1.78. The van der Waals surface area contributed by atoms with Gasteiger partial charge in [0.25, 0.3) is 0 Å². The topological polar surface area (TPSA) is 47.7 Å². The molecule has 0 unspecified atom stereocenters. The third-order valence-electron chi connectivity index (χ3n) is 4.43. The van der Waals surface area contributed by atoms with Crippen molar-refractivity contribution in [3.05, 3.63) is 41.3 Å². The van der Waals surface area contributed by atoms with Gasteiger partial charge in [-0.05, 0) is 43.5 Å². The van der Waals surface area contributed by atoms with Crippen LogP contribution in [0.25, 0.3) is 0 Å².